The van der Waals surface area contributed by atoms with Crippen molar-refractivity contribution in [1.82, 2.24) is 4.90 Å². The number of aliphatic hydroxyl groups is 1. The highest BCUT2D eigenvalue weighted by atomic mass is 32.1. The van der Waals surface area contributed by atoms with Crippen molar-refractivity contribution in [2.24, 2.45) is 5.73 Å². The maximum Gasteiger partial charge on any atom is 0.253 e. The number of hydrogen-bond acceptors (Lipinski definition) is 3. The summed E-state index contributed by atoms with van der Waals surface area (Å²) in [6.45, 7) is 0.879. The number of nitrogens with two attached hydrogens (primary N) is 1. The number of rotatable bonds is 7. The third-order valence-corrected chi connectivity index (χ3v) is 3.13. The van der Waals surface area contributed by atoms with Crippen LogP contribution in [0.4, 0.5) is 0 Å². The van der Waals surface area contributed by atoms with E-state index < -0.39 is 0 Å². The van der Waals surface area contributed by atoms with Gasteiger partial charge in [-0.2, -0.15) is 0 Å². The zero-order valence-corrected chi connectivity index (χ0v) is 11.9. The smallest absolute Gasteiger partial charge is 0.253 e. The molecule has 0 atom stereocenters. The first-order valence-corrected chi connectivity index (χ1v) is 6.73. The lowest BCUT2D eigenvalue weighted by atomic mass is 10.1. The number of nitrogens with zero attached hydrogens (tertiary/aromatic N) is 1. The molecule has 1 amide bonds. The highest BCUT2D eigenvalue weighted by Gasteiger charge is 2.12. The molecule has 0 radical (unpaired) electrons. The molecule has 0 fully saturated rings. The predicted molar refractivity (Wildman–Crippen MR) is 80.2 cm³/mol. The van der Waals surface area contributed by atoms with Crippen LogP contribution in [0.5, 0.6) is 0 Å². The van der Waals surface area contributed by atoms with Crippen LogP contribution in [0.25, 0.3) is 0 Å². The van der Waals surface area contributed by atoms with Crippen LogP contribution in [0.15, 0.2) is 24.3 Å². The molecule has 0 saturated heterocycles. The molecule has 19 heavy (non-hydrogen) atoms. The number of carbonyl (C=O) groups excluding carboxylic acids is 1. The highest BCUT2D eigenvalue weighted by molar-refractivity contribution is 7.80. The second-order valence-corrected chi connectivity index (χ2v) is 4.90. The minimum atomic E-state index is -0.0397. The first-order chi connectivity index (χ1) is 9.06. The Labute approximate surface area is 119 Å². The van der Waals surface area contributed by atoms with E-state index in [2.05, 4.69) is 0 Å². The molecule has 1 aromatic rings. The molecule has 0 aliphatic carbocycles. The average Bonchev–Trinajstić information content (AvgIpc) is 2.42. The van der Waals surface area contributed by atoms with Gasteiger partial charge in [0, 0.05) is 31.3 Å². The predicted octanol–water partition coefficient (Wildman–Crippen LogP) is 1.56. The van der Waals surface area contributed by atoms with Gasteiger partial charge in [-0.25, -0.2) is 0 Å². The van der Waals surface area contributed by atoms with Crippen LogP contribution in [0.2, 0.25) is 0 Å². The van der Waals surface area contributed by atoms with Crippen molar-refractivity contribution in [3.8, 4) is 0 Å². The zero-order valence-electron chi connectivity index (χ0n) is 11.1. The lowest BCUT2D eigenvalue weighted by Crippen LogP contribution is -2.28. The number of hydrogen-bond donors (Lipinski definition) is 2. The molecule has 104 valence electrons. The molecule has 0 bridgehead atoms. The lowest BCUT2D eigenvalue weighted by molar-refractivity contribution is 0.0792. The first kappa shape index (κ1) is 15.6. The van der Waals surface area contributed by atoms with Crippen LogP contribution in [-0.2, 0) is 0 Å². The Morgan fingerprint density at radius 2 is 2.00 bits per heavy atom. The molecule has 0 aliphatic heterocycles. The van der Waals surface area contributed by atoms with Crippen LogP contribution in [0, 0.1) is 0 Å². The number of unbranched alkanes of at least 4 members (excludes halogenated alkanes) is 2. The summed E-state index contributed by atoms with van der Waals surface area (Å²) in [5.41, 5.74) is 6.85. The molecule has 1 rings (SSSR count). The second kappa shape index (κ2) is 7.86. The summed E-state index contributed by atoms with van der Waals surface area (Å²) < 4.78 is 0. The van der Waals surface area contributed by atoms with E-state index in [9.17, 15) is 4.79 Å². The second-order valence-electron chi connectivity index (χ2n) is 4.46. The van der Waals surface area contributed by atoms with Crippen LogP contribution < -0.4 is 5.73 Å². The maximum atomic E-state index is 12.2. The van der Waals surface area contributed by atoms with Crippen LogP contribution in [0.3, 0.4) is 0 Å². The van der Waals surface area contributed by atoms with E-state index in [1.165, 1.54) is 0 Å². The number of amides is 1. The van der Waals surface area contributed by atoms with E-state index in [0.717, 1.165) is 19.3 Å². The number of benzene rings is 1. The van der Waals surface area contributed by atoms with Crippen molar-refractivity contribution in [3.63, 3.8) is 0 Å². The Balaban J connectivity index is 2.61. The molecule has 0 aromatic heterocycles. The number of carbonyl (C=O) groups is 1. The number of aliphatic hydroxyl groups excluding tert-OH is 1. The Kier molecular flexibility index (Phi) is 6.45. The van der Waals surface area contributed by atoms with E-state index >= 15 is 0 Å². The summed E-state index contributed by atoms with van der Waals surface area (Å²) in [7, 11) is 1.77. The van der Waals surface area contributed by atoms with Gasteiger partial charge in [-0.15, -0.1) is 0 Å². The Morgan fingerprint density at radius 3 is 2.63 bits per heavy atom. The highest BCUT2D eigenvalue weighted by Crippen LogP contribution is 2.09. The molecule has 0 unspecified atom stereocenters. The number of thiocarbonyl (C=S) groups is 1. The largest absolute Gasteiger partial charge is 0.396 e. The summed E-state index contributed by atoms with van der Waals surface area (Å²) in [6.07, 6.45) is 2.58. The van der Waals surface area contributed by atoms with Gasteiger partial charge in [0.1, 0.15) is 4.99 Å². The maximum absolute atomic E-state index is 12.2. The zero-order chi connectivity index (χ0) is 14.3. The van der Waals surface area contributed by atoms with E-state index in [-0.39, 0.29) is 12.5 Å². The van der Waals surface area contributed by atoms with Crippen molar-refractivity contribution in [2.75, 3.05) is 20.2 Å². The third-order valence-electron chi connectivity index (χ3n) is 2.89. The monoisotopic (exact) mass is 280 g/mol. The summed E-state index contributed by atoms with van der Waals surface area (Å²) in [5.74, 6) is -0.0397. The van der Waals surface area contributed by atoms with Crippen molar-refractivity contribution in [3.05, 3.63) is 35.4 Å². The van der Waals surface area contributed by atoms with Gasteiger partial charge in [0.05, 0.1) is 0 Å². The third kappa shape index (κ3) is 4.96. The lowest BCUT2D eigenvalue weighted by Gasteiger charge is -2.17. The molecule has 0 spiro atoms. The molecule has 4 nitrogen and oxygen atoms in total. The van der Waals surface area contributed by atoms with Crippen molar-refractivity contribution in [1.29, 1.82) is 0 Å². The summed E-state index contributed by atoms with van der Waals surface area (Å²) in [5, 5.41) is 8.70. The van der Waals surface area contributed by atoms with E-state index in [4.69, 9.17) is 23.1 Å². The average molecular weight is 280 g/mol. The Bertz CT molecular complexity index is 449. The van der Waals surface area contributed by atoms with Gasteiger partial charge < -0.3 is 15.7 Å². The van der Waals surface area contributed by atoms with Gasteiger partial charge in [-0.3, -0.25) is 4.79 Å². The summed E-state index contributed by atoms with van der Waals surface area (Å²) >= 11 is 4.90. The molecule has 1 aromatic carbocycles. The summed E-state index contributed by atoms with van der Waals surface area (Å²) in [4.78, 5) is 14.1. The Hall–Kier alpha value is -1.46. The Morgan fingerprint density at radius 1 is 1.32 bits per heavy atom. The van der Waals surface area contributed by atoms with Crippen LogP contribution in [-0.4, -0.2) is 41.1 Å². The minimum absolute atomic E-state index is 0.0397. The fraction of sp³-hybridized carbons (Fsp3) is 0.429. The van der Waals surface area contributed by atoms with Gasteiger partial charge in [0.25, 0.3) is 5.91 Å². The SMILES string of the molecule is CN(CCCCCO)C(=O)c1cccc(C(N)=S)c1. The van der Waals surface area contributed by atoms with E-state index in [1.54, 1.807) is 36.2 Å². The quantitative estimate of drug-likeness (QED) is 0.587. The van der Waals surface area contributed by atoms with Gasteiger partial charge in [0.15, 0.2) is 0 Å². The standard InChI is InChI=1S/C14H20N2O2S/c1-16(8-3-2-4-9-17)14(18)12-7-5-6-11(10-12)13(15)19/h5-7,10,17H,2-4,8-9H2,1H3,(H2,15,19). The normalized spacial score (nSPS) is 10.2. The van der Waals surface area contributed by atoms with Crippen molar-refractivity contribution in [2.45, 2.75) is 19.3 Å². The topological polar surface area (TPSA) is 66.6 Å². The van der Waals surface area contributed by atoms with Crippen molar-refractivity contribution >= 4 is 23.1 Å². The molecular weight excluding hydrogens is 260 g/mol. The molecule has 0 aliphatic rings. The first-order valence-electron chi connectivity index (χ1n) is 6.32. The van der Waals surface area contributed by atoms with Crippen LogP contribution >= 0.6 is 12.2 Å². The fourth-order valence-electron chi connectivity index (χ4n) is 1.76. The van der Waals surface area contributed by atoms with Gasteiger partial charge in [-0.05, 0) is 31.4 Å². The van der Waals surface area contributed by atoms with Crippen molar-refractivity contribution < 1.29 is 9.90 Å². The molecular formula is C14H20N2O2S. The van der Waals surface area contributed by atoms with Crippen LogP contribution in [0.1, 0.15) is 35.2 Å². The van der Waals surface area contributed by atoms with Gasteiger partial charge in [-0.1, -0.05) is 24.4 Å². The molecule has 0 heterocycles. The minimum Gasteiger partial charge on any atom is -0.396 e. The van der Waals surface area contributed by atoms with Gasteiger partial charge >= 0.3 is 0 Å². The fourth-order valence-corrected chi connectivity index (χ4v) is 1.89. The van der Waals surface area contributed by atoms with Gasteiger partial charge in [0.2, 0.25) is 0 Å². The summed E-state index contributed by atoms with van der Waals surface area (Å²) in [6, 6.07) is 7.05. The molecule has 0 saturated carbocycles. The van der Waals surface area contributed by atoms with E-state index in [1.807, 2.05) is 0 Å². The van der Waals surface area contributed by atoms with E-state index in [0.29, 0.717) is 22.7 Å². The molecule has 5 heteroatoms. The molecule has 3 N–H and O–H groups in total.